The third-order valence-electron chi connectivity index (χ3n) is 5.63. The Labute approximate surface area is 106 Å². The zero-order chi connectivity index (χ0) is 12.4. The summed E-state index contributed by atoms with van der Waals surface area (Å²) in [7, 11) is 0. The third-order valence-corrected chi connectivity index (χ3v) is 5.63. The van der Waals surface area contributed by atoms with E-state index in [1.165, 1.54) is 18.4 Å². The summed E-state index contributed by atoms with van der Waals surface area (Å²) in [5.41, 5.74) is 2.07. The molecule has 1 nitrogen and oxygen atoms in total. The predicted molar refractivity (Wildman–Crippen MR) is 70.7 cm³/mol. The Kier molecular flexibility index (Phi) is 2.49. The summed E-state index contributed by atoms with van der Waals surface area (Å²) in [6, 6.07) is 0. The molecule has 17 heavy (non-hydrogen) atoms. The Bertz CT molecular complexity index is 341. The number of fused-ring (bicyclic) bond motifs is 4. The van der Waals surface area contributed by atoms with Crippen LogP contribution in [0.2, 0.25) is 0 Å². The molecular formula is C16H26O. The van der Waals surface area contributed by atoms with Crippen LogP contribution in [0.15, 0.2) is 12.2 Å². The average molecular weight is 234 g/mol. The summed E-state index contributed by atoms with van der Waals surface area (Å²) in [6.07, 6.45) is 2.99. The molecule has 3 aliphatic rings. The molecule has 0 N–H and O–H groups in total. The van der Waals surface area contributed by atoms with Crippen LogP contribution in [-0.2, 0) is 4.74 Å². The maximum atomic E-state index is 6.16. The molecule has 0 amide bonds. The molecule has 0 aromatic rings. The molecule has 3 fully saturated rings. The molecule has 2 saturated carbocycles. The molecule has 1 aliphatic heterocycles. The van der Waals surface area contributed by atoms with Crippen LogP contribution in [0.3, 0.4) is 0 Å². The van der Waals surface area contributed by atoms with Crippen molar-refractivity contribution in [3.63, 3.8) is 0 Å². The molecule has 2 bridgehead atoms. The van der Waals surface area contributed by atoms with Gasteiger partial charge < -0.3 is 4.74 Å². The fraction of sp³-hybridized carbons (Fsp3) is 0.875. The Morgan fingerprint density at radius 1 is 1.41 bits per heavy atom. The largest absolute Gasteiger partial charge is 0.377 e. The quantitative estimate of drug-likeness (QED) is 0.659. The van der Waals surface area contributed by atoms with Crippen LogP contribution >= 0.6 is 0 Å². The van der Waals surface area contributed by atoms with Gasteiger partial charge in [0.25, 0.3) is 0 Å². The third kappa shape index (κ3) is 1.62. The van der Waals surface area contributed by atoms with Crippen LogP contribution in [0.5, 0.6) is 0 Å². The maximum Gasteiger partial charge on any atom is 0.0646 e. The van der Waals surface area contributed by atoms with Crippen LogP contribution < -0.4 is 0 Å². The van der Waals surface area contributed by atoms with E-state index in [2.05, 4.69) is 34.3 Å². The monoisotopic (exact) mass is 234 g/mol. The van der Waals surface area contributed by atoms with Crippen LogP contribution in [0, 0.1) is 35.0 Å². The SMILES string of the molecule is C=C1[C@H]2CO[C@H](CC(C)C)[C@H]1[C@@H]1[C@H](C2)C1(C)C. The van der Waals surface area contributed by atoms with E-state index in [1.54, 1.807) is 0 Å². The molecule has 3 rings (SSSR count). The lowest BCUT2D eigenvalue weighted by Gasteiger charge is -2.42. The minimum absolute atomic E-state index is 0.452. The first kappa shape index (κ1) is 11.8. The van der Waals surface area contributed by atoms with Gasteiger partial charge in [-0.05, 0) is 36.0 Å². The average Bonchev–Trinajstić information content (AvgIpc) is 2.71. The second-order valence-electron chi connectivity index (χ2n) is 7.49. The van der Waals surface area contributed by atoms with Crippen molar-refractivity contribution in [2.45, 2.75) is 46.6 Å². The molecule has 0 aromatic carbocycles. The normalized spacial score (nSPS) is 46.9. The van der Waals surface area contributed by atoms with E-state index in [1.807, 2.05) is 0 Å². The summed E-state index contributed by atoms with van der Waals surface area (Å²) in [6.45, 7) is 14.9. The molecular weight excluding hydrogens is 208 g/mol. The minimum atomic E-state index is 0.452. The van der Waals surface area contributed by atoms with Crippen molar-refractivity contribution in [3.8, 4) is 0 Å². The summed E-state index contributed by atoms with van der Waals surface area (Å²) >= 11 is 0. The van der Waals surface area contributed by atoms with Gasteiger partial charge >= 0.3 is 0 Å². The topological polar surface area (TPSA) is 9.23 Å². The Morgan fingerprint density at radius 3 is 2.76 bits per heavy atom. The van der Waals surface area contributed by atoms with E-state index in [9.17, 15) is 0 Å². The van der Waals surface area contributed by atoms with Crippen molar-refractivity contribution in [3.05, 3.63) is 12.2 Å². The zero-order valence-electron chi connectivity index (χ0n) is 11.7. The molecule has 0 unspecified atom stereocenters. The van der Waals surface area contributed by atoms with Crippen molar-refractivity contribution >= 4 is 0 Å². The molecule has 2 aliphatic carbocycles. The molecule has 0 aromatic heterocycles. The van der Waals surface area contributed by atoms with Crippen LogP contribution in [0.1, 0.15) is 40.5 Å². The lowest BCUT2D eigenvalue weighted by molar-refractivity contribution is -0.0561. The molecule has 1 heteroatoms. The highest BCUT2D eigenvalue weighted by Crippen LogP contribution is 2.70. The Balaban J connectivity index is 1.85. The highest BCUT2D eigenvalue weighted by molar-refractivity contribution is 5.26. The van der Waals surface area contributed by atoms with Crippen LogP contribution in [0.25, 0.3) is 0 Å². The van der Waals surface area contributed by atoms with Crippen molar-refractivity contribution in [1.82, 2.24) is 0 Å². The smallest absolute Gasteiger partial charge is 0.0646 e. The van der Waals surface area contributed by atoms with Gasteiger partial charge in [-0.25, -0.2) is 0 Å². The number of hydrogen-bond acceptors (Lipinski definition) is 1. The first-order valence-corrected chi connectivity index (χ1v) is 7.23. The number of hydrogen-bond donors (Lipinski definition) is 0. The first-order chi connectivity index (χ1) is 7.93. The predicted octanol–water partition coefficient (Wildman–Crippen LogP) is 3.90. The first-order valence-electron chi connectivity index (χ1n) is 7.23. The van der Waals surface area contributed by atoms with Gasteiger partial charge in [-0.1, -0.05) is 39.8 Å². The zero-order valence-corrected chi connectivity index (χ0v) is 11.7. The van der Waals surface area contributed by atoms with Crippen molar-refractivity contribution in [1.29, 1.82) is 0 Å². The fourth-order valence-corrected chi connectivity index (χ4v) is 4.58. The summed E-state index contributed by atoms with van der Waals surface area (Å²) in [5, 5.41) is 0. The summed E-state index contributed by atoms with van der Waals surface area (Å²) in [5.74, 6) is 3.85. The van der Waals surface area contributed by atoms with Gasteiger partial charge in [0, 0.05) is 11.8 Å². The van der Waals surface area contributed by atoms with E-state index in [0.717, 1.165) is 24.4 Å². The lowest BCUT2D eigenvalue weighted by atomic mass is 9.71. The second kappa shape index (κ2) is 3.60. The van der Waals surface area contributed by atoms with E-state index in [0.29, 0.717) is 23.4 Å². The molecule has 1 heterocycles. The number of rotatable bonds is 2. The fourth-order valence-electron chi connectivity index (χ4n) is 4.58. The van der Waals surface area contributed by atoms with Gasteiger partial charge in [-0.3, -0.25) is 0 Å². The molecule has 96 valence electrons. The summed E-state index contributed by atoms with van der Waals surface area (Å²) < 4.78 is 6.16. The lowest BCUT2D eigenvalue weighted by Crippen LogP contribution is -2.41. The Hall–Kier alpha value is -0.300. The maximum absolute atomic E-state index is 6.16. The van der Waals surface area contributed by atoms with E-state index >= 15 is 0 Å². The molecule has 5 atom stereocenters. The minimum Gasteiger partial charge on any atom is -0.377 e. The highest BCUT2D eigenvalue weighted by atomic mass is 16.5. The number of ether oxygens (including phenoxy) is 1. The van der Waals surface area contributed by atoms with Gasteiger partial charge in [0.1, 0.15) is 0 Å². The molecule has 0 radical (unpaired) electrons. The van der Waals surface area contributed by atoms with Crippen LogP contribution in [-0.4, -0.2) is 12.7 Å². The highest BCUT2D eigenvalue weighted by Gasteiger charge is 2.66. The summed E-state index contributed by atoms with van der Waals surface area (Å²) in [4.78, 5) is 0. The van der Waals surface area contributed by atoms with Gasteiger partial charge in [0.2, 0.25) is 0 Å². The van der Waals surface area contributed by atoms with Crippen LogP contribution in [0.4, 0.5) is 0 Å². The van der Waals surface area contributed by atoms with Gasteiger partial charge in [-0.15, -0.1) is 0 Å². The van der Waals surface area contributed by atoms with Gasteiger partial charge in [-0.2, -0.15) is 0 Å². The van der Waals surface area contributed by atoms with Gasteiger partial charge in [0.15, 0.2) is 0 Å². The van der Waals surface area contributed by atoms with Crippen molar-refractivity contribution in [2.24, 2.45) is 35.0 Å². The van der Waals surface area contributed by atoms with Crippen molar-refractivity contribution in [2.75, 3.05) is 6.61 Å². The Morgan fingerprint density at radius 2 is 2.12 bits per heavy atom. The molecule has 0 spiro atoms. The van der Waals surface area contributed by atoms with E-state index in [-0.39, 0.29) is 0 Å². The van der Waals surface area contributed by atoms with Gasteiger partial charge in [0.05, 0.1) is 12.7 Å². The van der Waals surface area contributed by atoms with E-state index in [4.69, 9.17) is 4.74 Å². The standard InChI is InChI=1S/C16H26O/c1-9(2)6-13-14-10(3)11(8-17-13)7-12-15(14)16(12,4)5/h9,11-15H,3,6-8H2,1-2,4-5H3/t11-,12+,13-,14+,15+/m1/s1. The van der Waals surface area contributed by atoms with E-state index < -0.39 is 0 Å². The van der Waals surface area contributed by atoms with Crippen molar-refractivity contribution < 1.29 is 4.74 Å². The second-order valence-corrected chi connectivity index (χ2v) is 7.49. The molecule has 1 saturated heterocycles.